The van der Waals surface area contributed by atoms with E-state index < -0.39 is 0 Å². The predicted octanol–water partition coefficient (Wildman–Crippen LogP) is 1.66. The van der Waals surface area contributed by atoms with Gasteiger partial charge in [0.25, 0.3) is 0 Å². The van der Waals surface area contributed by atoms with Gasteiger partial charge in [-0.3, -0.25) is 0 Å². The molecule has 3 unspecified atom stereocenters. The van der Waals surface area contributed by atoms with Crippen LogP contribution in [0.4, 0.5) is 0 Å². The summed E-state index contributed by atoms with van der Waals surface area (Å²) in [5, 5.41) is 3.69. The Morgan fingerprint density at radius 3 is 2.80 bits per heavy atom. The standard InChI is InChI=1S/C12H26N2O/c1-4-10(3)14-12(9-13)6-7-15-11(5-2)8-12/h10-11,14H,4-9,13H2,1-3H3. The van der Waals surface area contributed by atoms with E-state index in [-0.39, 0.29) is 5.54 Å². The molecule has 0 aliphatic carbocycles. The van der Waals surface area contributed by atoms with Crippen LogP contribution in [0.3, 0.4) is 0 Å². The molecule has 3 heteroatoms. The highest BCUT2D eigenvalue weighted by molar-refractivity contribution is 4.95. The summed E-state index contributed by atoms with van der Waals surface area (Å²) in [6, 6.07) is 0.546. The molecule has 3 nitrogen and oxygen atoms in total. The molecule has 0 aromatic rings. The van der Waals surface area contributed by atoms with Crippen LogP contribution in [0.25, 0.3) is 0 Å². The third kappa shape index (κ3) is 3.44. The van der Waals surface area contributed by atoms with Gasteiger partial charge in [0.2, 0.25) is 0 Å². The monoisotopic (exact) mass is 214 g/mol. The van der Waals surface area contributed by atoms with Gasteiger partial charge in [0.1, 0.15) is 0 Å². The van der Waals surface area contributed by atoms with Crippen LogP contribution >= 0.6 is 0 Å². The van der Waals surface area contributed by atoms with Crippen molar-refractivity contribution >= 4 is 0 Å². The maximum Gasteiger partial charge on any atom is 0.0590 e. The van der Waals surface area contributed by atoms with E-state index in [0.717, 1.165) is 38.8 Å². The molecule has 0 saturated carbocycles. The van der Waals surface area contributed by atoms with E-state index in [2.05, 4.69) is 26.1 Å². The third-order valence-corrected chi connectivity index (χ3v) is 3.56. The van der Waals surface area contributed by atoms with Crippen LogP contribution in [0.15, 0.2) is 0 Å². The minimum atomic E-state index is 0.119. The Kier molecular flexibility index (Phi) is 5.03. The van der Waals surface area contributed by atoms with Crippen molar-refractivity contribution in [3.8, 4) is 0 Å². The SMILES string of the molecule is CCC(C)NC1(CN)CCOC(CC)C1. The van der Waals surface area contributed by atoms with Gasteiger partial charge in [-0.05, 0) is 32.6 Å². The van der Waals surface area contributed by atoms with Crippen LogP contribution in [0.5, 0.6) is 0 Å². The largest absolute Gasteiger partial charge is 0.378 e. The lowest BCUT2D eigenvalue weighted by atomic mass is 9.85. The number of nitrogens with two attached hydrogens (primary N) is 1. The van der Waals surface area contributed by atoms with Crippen molar-refractivity contribution in [1.29, 1.82) is 0 Å². The van der Waals surface area contributed by atoms with E-state index in [1.54, 1.807) is 0 Å². The van der Waals surface area contributed by atoms with Crippen LogP contribution < -0.4 is 11.1 Å². The van der Waals surface area contributed by atoms with Crippen molar-refractivity contribution < 1.29 is 4.74 Å². The quantitative estimate of drug-likeness (QED) is 0.731. The molecular weight excluding hydrogens is 188 g/mol. The molecule has 3 atom stereocenters. The Labute approximate surface area is 93.8 Å². The highest BCUT2D eigenvalue weighted by atomic mass is 16.5. The molecule has 90 valence electrons. The van der Waals surface area contributed by atoms with Gasteiger partial charge in [0, 0.05) is 24.7 Å². The molecule has 1 heterocycles. The fraction of sp³-hybridized carbons (Fsp3) is 1.00. The molecule has 1 aliphatic rings. The van der Waals surface area contributed by atoms with E-state index in [4.69, 9.17) is 10.5 Å². The van der Waals surface area contributed by atoms with E-state index in [0.29, 0.717) is 12.1 Å². The van der Waals surface area contributed by atoms with Gasteiger partial charge in [0.05, 0.1) is 6.10 Å². The van der Waals surface area contributed by atoms with Crippen LogP contribution in [0.2, 0.25) is 0 Å². The van der Waals surface area contributed by atoms with Crippen LogP contribution in [0.1, 0.15) is 46.5 Å². The highest BCUT2D eigenvalue weighted by Gasteiger charge is 2.35. The number of nitrogens with one attached hydrogen (secondary N) is 1. The number of rotatable bonds is 5. The van der Waals surface area contributed by atoms with Gasteiger partial charge in [-0.1, -0.05) is 13.8 Å². The molecular formula is C12H26N2O. The normalized spacial score (nSPS) is 34.0. The topological polar surface area (TPSA) is 47.3 Å². The Balaban J connectivity index is 2.57. The zero-order valence-corrected chi connectivity index (χ0v) is 10.4. The second-order valence-electron chi connectivity index (χ2n) is 4.79. The molecule has 0 amide bonds. The third-order valence-electron chi connectivity index (χ3n) is 3.56. The highest BCUT2D eigenvalue weighted by Crippen LogP contribution is 2.26. The number of hydrogen-bond donors (Lipinski definition) is 2. The summed E-state index contributed by atoms with van der Waals surface area (Å²) in [7, 11) is 0. The van der Waals surface area contributed by atoms with Crippen molar-refractivity contribution in [3.63, 3.8) is 0 Å². The van der Waals surface area contributed by atoms with E-state index in [9.17, 15) is 0 Å². The number of hydrogen-bond acceptors (Lipinski definition) is 3. The smallest absolute Gasteiger partial charge is 0.0590 e. The van der Waals surface area contributed by atoms with Crippen molar-refractivity contribution in [2.45, 2.75) is 64.1 Å². The molecule has 1 saturated heterocycles. The van der Waals surface area contributed by atoms with E-state index >= 15 is 0 Å². The van der Waals surface area contributed by atoms with Crippen LogP contribution in [-0.2, 0) is 4.74 Å². The minimum absolute atomic E-state index is 0.119. The van der Waals surface area contributed by atoms with E-state index in [1.165, 1.54) is 0 Å². The number of ether oxygens (including phenoxy) is 1. The summed E-state index contributed by atoms with van der Waals surface area (Å²) >= 11 is 0. The van der Waals surface area contributed by atoms with Gasteiger partial charge < -0.3 is 15.8 Å². The average Bonchev–Trinajstić information content (AvgIpc) is 2.29. The van der Waals surface area contributed by atoms with Crippen LogP contribution in [0, 0.1) is 0 Å². The first-order valence-electron chi connectivity index (χ1n) is 6.25. The fourth-order valence-corrected chi connectivity index (χ4v) is 2.28. The molecule has 0 aromatic heterocycles. The van der Waals surface area contributed by atoms with Crippen LogP contribution in [-0.4, -0.2) is 30.8 Å². The minimum Gasteiger partial charge on any atom is -0.378 e. The lowest BCUT2D eigenvalue weighted by molar-refractivity contribution is -0.0305. The van der Waals surface area contributed by atoms with Gasteiger partial charge in [0.15, 0.2) is 0 Å². The van der Waals surface area contributed by atoms with Gasteiger partial charge in [-0.2, -0.15) is 0 Å². The molecule has 1 rings (SSSR count). The molecule has 0 spiro atoms. The molecule has 3 N–H and O–H groups in total. The molecule has 0 radical (unpaired) electrons. The molecule has 0 aromatic carbocycles. The lowest BCUT2D eigenvalue weighted by Gasteiger charge is -2.42. The zero-order valence-electron chi connectivity index (χ0n) is 10.4. The first-order chi connectivity index (χ1) is 7.15. The maximum atomic E-state index is 5.94. The summed E-state index contributed by atoms with van der Waals surface area (Å²) in [6.45, 7) is 8.18. The Morgan fingerprint density at radius 2 is 2.27 bits per heavy atom. The maximum absolute atomic E-state index is 5.94. The van der Waals surface area contributed by atoms with Gasteiger partial charge in [-0.15, -0.1) is 0 Å². The summed E-state index contributed by atoms with van der Waals surface area (Å²) in [5.41, 5.74) is 6.06. The summed E-state index contributed by atoms with van der Waals surface area (Å²) in [5.74, 6) is 0. The Bertz CT molecular complexity index is 182. The lowest BCUT2D eigenvalue weighted by Crippen LogP contribution is -2.58. The van der Waals surface area contributed by atoms with Crippen molar-refractivity contribution in [1.82, 2.24) is 5.32 Å². The van der Waals surface area contributed by atoms with Crippen molar-refractivity contribution in [2.24, 2.45) is 5.73 Å². The van der Waals surface area contributed by atoms with Gasteiger partial charge in [-0.25, -0.2) is 0 Å². The first kappa shape index (κ1) is 12.9. The Morgan fingerprint density at radius 1 is 1.53 bits per heavy atom. The van der Waals surface area contributed by atoms with E-state index in [1.807, 2.05) is 0 Å². The van der Waals surface area contributed by atoms with Crippen molar-refractivity contribution in [2.75, 3.05) is 13.2 Å². The summed E-state index contributed by atoms with van der Waals surface area (Å²) < 4.78 is 5.70. The molecule has 1 aliphatic heterocycles. The predicted molar refractivity (Wildman–Crippen MR) is 63.9 cm³/mol. The molecule has 1 fully saturated rings. The summed E-state index contributed by atoms with van der Waals surface area (Å²) in [4.78, 5) is 0. The van der Waals surface area contributed by atoms with Crippen molar-refractivity contribution in [3.05, 3.63) is 0 Å². The molecule has 0 bridgehead atoms. The second kappa shape index (κ2) is 5.83. The fourth-order valence-electron chi connectivity index (χ4n) is 2.28. The average molecular weight is 214 g/mol. The zero-order chi connectivity index (χ0) is 11.3. The first-order valence-corrected chi connectivity index (χ1v) is 6.25. The van der Waals surface area contributed by atoms with Gasteiger partial charge >= 0.3 is 0 Å². The summed E-state index contributed by atoms with van der Waals surface area (Å²) in [6.07, 6.45) is 4.73. The second-order valence-corrected chi connectivity index (χ2v) is 4.79. The molecule has 15 heavy (non-hydrogen) atoms. The Hall–Kier alpha value is -0.120.